The Hall–Kier alpha value is -2.63. The third-order valence-corrected chi connectivity index (χ3v) is 15.4. The minimum atomic E-state index is -0.799. The summed E-state index contributed by atoms with van der Waals surface area (Å²) in [6.07, 6.45) is 83.2. The zero-order valence-electron chi connectivity index (χ0n) is 51.7. The monoisotopic (exact) mass is 1080 g/mol. The van der Waals surface area contributed by atoms with Gasteiger partial charge in [0.1, 0.15) is 13.2 Å². The molecule has 1 unspecified atom stereocenters. The molecule has 0 amide bonds. The fourth-order valence-corrected chi connectivity index (χ4v) is 10.3. The molecule has 77 heavy (non-hydrogen) atoms. The largest absolute Gasteiger partial charge is 0.462 e. The predicted octanol–water partition coefficient (Wildman–Crippen LogP) is 23.3. The van der Waals surface area contributed by atoms with E-state index in [1.165, 1.54) is 257 Å². The first-order valence-corrected chi connectivity index (χ1v) is 34.1. The molecule has 0 aromatic heterocycles. The third kappa shape index (κ3) is 64.1. The van der Waals surface area contributed by atoms with E-state index in [2.05, 4.69) is 63.3 Å². The zero-order chi connectivity index (χ0) is 55.7. The minimum Gasteiger partial charge on any atom is -0.462 e. The van der Waals surface area contributed by atoms with E-state index in [1.807, 2.05) is 6.08 Å². The molecule has 0 rings (SSSR count). The number of carbonyl (C=O) groups is 3. The maximum absolute atomic E-state index is 12.9. The van der Waals surface area contributed by atoms with Crippen molar-refractivity contribution in [2.45, 2.75) is 374 Å². The summed E-state index contributed by atoms with van der Waals surface area (Å²) in [5.41, 5.74) is 0. The fourth-order valence-electron chi connectivity index (χ4n) is 10.3. The summed E-state index contributed by atoms with van der Waals surface area (Å²) in [6.45, 7) is 6.52. The zero-order valence-corrected chi connectivity index (χ0v) is 51.7. The Balaban J connectivity index is 4.16. The van der Waals surface area contributed by atoms with Crippen LogP contribution in [0.2, 0.25) is 0 Å². The van der Waals surface area contributed by atoms with Gasteiger partial charge < -0.3 is 14.2 Å². The van der Waals surface area contributed by atoms with Gasteiger partial charge in [-0.05, 0) is 44.9 Å². The van der Waals surface area contributed by atoms with Crippen molar-refractivity contribution in [3.63, 3.8) is 0 Å². The Kier molecular flexibility index (Phi) is 63.6. The van der Waals surface area contributed by atoms with Gasteiger partial charge in [0.15, 0.2) is 6.10 Å². The van der Waals surface area contributed by atoms with Crippen molar-refractivity contribution in [2.24, 2.45) is 0 Å². The molecule has 0 aliphatic carbocycles. The Morgan fingerprint density at radius 3 is 0.792 bits per heavy atom. The molecular formula is C71H130O6. The van der Waals surface area contributed by atoms with Gasteiger partial charge in [-0.15, -0.1) is 0 Å². The van der Waals surface area contributed by atoms with Crippen LogP contribution in [0.25, 0.3) is 0 Å². The lowest BCUT2D eigenvalue weighted by molar-refractivity contribution is -0.166. The van der Waals surface area contributed by atoms with Crippen LogP contribution in [0.5, 0.6) is 0 Å². The molecule has 0 spiro atoms. The van der Waals surface area contributed by atoms with Crippen LogP contribution >= 0.6 is 0 Å². The second kappa shape index (κ2) is 65.9. The van der Waals surface area contributed by atoms with E-state index < -0.39 is 6.10 Å². The van der Waals surface area contributed by atoms with E-state index in [9.17, 15) is 14.4 Å². The molecule has 0 heterocycles. The van der Waals surface area contributed by atoms with Crippen LogP contribution in [-0.4, -0.2) is 37.2 Å². The number of hydrogen-bond acceptors (Lipinski definition) is 6. The first-order valence-electron chi connectivity index (χ1n) is 34.1. The molecule has 450 valence electrons. The van der Waals surface area contributed by atoms with Gasteiger partial charge >= 0.3 is 17.9 Å². The molecule has 6 heteroatoms. The van der Waals surface area contributed by atoms with Gasteiger partial charge in [-0.25, -0.2) is 0 Å². The van der Waals surface area contributed by atoms with Crippen LogP contribution in [-0.2, 0) is 28.6 Å². The second-order valence-electron chi connectivity index (χ2n) is 23.1. The van der Waals surface area contributed by atoms with Crippen molar-refractivity contribution in [3.8, 4) is 0 Å². The quantitative estimate of drug-likeness (QED) is 0.0261. The summed E-state index contributed by atoms with van der Waals surface area (Å²) in [7, 11) is 0. The van der Waals surface area contributed by atoms with Gasteiger partial charge in [0, 0.05) is 19.3 Å². The molecule has 6 nitrogen and oxygen atoms in total. The van der Waals surface area contributed by atoms with E-state index in [4.69, 9.17) is 14.2 Å². The summed E-state index contributed by atoms with van der Waals surface area (Å²) in [6, 6.07) is 0. The molecule has 0 aromatic carbocycles. The van der Waals surface area contributed by atoms with Crippen molar-refractivity contribution in [2.75, 3.05) is 13.2 Å². The maximum atomic E-state index is 12.9. The number of esters is 3. The molecule has 0 fully saturated rings. The smallest absolute Gasteiger partial charge is 0.306 e. The van der Waals surface area contributed by atoms with Crippen molar-refractivity contribution in [3.05, 3.63) is 48.6 Å². The Morgan fingerprint density at radius 1 is 0.273 bits per heavy atom. The lowest BCUT2D eigenvalue weighted by Crippen LogP contribution is -2.30. The molecule has 0 aliphatic rings. The van der Waals surface area contributed by atoms with Gasteiger partial charge in [-0.1, -0.05) is 352 Å². The van der Waals surface area contributed by atoms with E-state index in [1.54, 1.807) is 0 Å². The van der Waals surface area contributed by atoms with Crippen LogP contribution in [0.15, 0.2) is 48.6 Å². The Bertz CT molecular complexity index is 1330. The molecule has 1 atom stereocenters. The van der Waals surface area contributed by atoms with Crippen molar-refractivity contribution >= 4 is 17.9 Å². The highest BCUT2D eigenvalue weighted by molar-refractivity contribution is 5.71. The molecular weight excluding hydrogens is 949 g/mol. The normalized spacial score (nSPS) is 12.3. The average Bonchev–Trinajstić information content (AvgIpc) is 3.43. The van der Waals surface area contributed by atoms with E-state index in [0.717, 1.165) is 64.2 Å². The summed E-state index contributed by atoms with van der Waals surface area (Å²) in [5, 5.41) is 0. The first kappa shape index (κ1) is 74.4. The summed E-state index contributed by atoms with van der Waals surface area (Å²) in [5.74, 6) is -0.952. The Morgan fingerprint density at radius 2 is 0.506 bits per heavy atom. The minimum absolute atomic E-state index is 0.0900. The summed E-state index contributed by atoms with van der Waals surface area (Å²) < 4.78 is 16.9. The SMILES string of the molecule is CC/C=C\C/C=C\C/C=C\C/C=C\CCC(=O)OCC(COC(=O)CCCCCCCCCCCCCCCCCCCCCCCCCCCCCCCC)OC(=O)CCCCCCCCCCCCCCCCCC. The first-order chi connectivity index (χ1) is 38.0. The number of unbranched alkanes of at least 4 members (excludes halogenated alkanes) is 44. The second-order valence-corrected chi connectivity index (χ2v) is 23.1. The fraction of sp³-hybridized carbons (Fsp3) is 0.845. The lowest BCUT2D eigenvalue weighted by atomic mass is 10.0. The van der Waals surface area contributed by atoms with Crippen LogP contribution in [0.3, 0.4) is 0 Å². The van der Waals surface area contributed by atoms with E-state index >= 15 is 0 Å². The van der Waals surface area contributed by atoms with Crippen molar-refractivity contribution in [1.29, 1.82) is 0 Å². The standard InChI is InChI=1S/C71H130O6/c1-4-7-10-13-16-19-22-25-27-29-30-31-32-33-34-35-36-37-38-39-40-41-42-44-46-49-52-55-58-61-64-70(73)76-67-68(66-75-69(72)63-60-57-54-51-48-45-24-21-18-15-12-9-6-3)77-71(74)65-62-59-56-53-50-47-43-28-26-23-20-17-14-11-8-5-2/h9,12,18,21,45,48,54,57,68H,4-8,10-11,13-17,19-20,22-44,46-47,49-53,55-56,58-67H2,1-3H3/b12-9-,21-18-,48-45-,57-54-. The molecule has 0 aromatic rings. The number of ether oxygens (including phenoxy) is 3. The van der Waals surface area contributed by atoms with Crippen LogP contribution < -0.4 is 0 Å². The average molecular weight is 1080 g/mol. The predicted molar refractivity (Wildman–Crippen MR) is 335 cm³/mol. The Labute approximate surface area is 479 Å². The van der Waals surface area contributed by atoms with Crippen LogP contribution in [0, 0.1) is 0 Å². The van der Waals surface area contributed by atoms with Gasteiger partial charge in [0.05, 0.1) is 0 Å². The topological polar surface area (TPSA) is 78.9 Å². The van der Waals surface area contributed by atoms with Gasteiger partial charge in [0.2, 0.25) is 0 Å². The van der Waals surface area contributed by atoms with Gasteiger partial charge in [-0.3, -0.25) is 14.4 Å². The van der Waals surface area contributed by atoms with Crippen LogP contribution in [0.1, 0.15) is 367 Å². The van der Waals surface area contributed by atoms with Gasteiger partial charge in [0.25, 0.3) is 0 Å². The van der Waals surface area contributed by atoms with Crippen molar-refractivity contribution < 1.29 is 28.6 Å². The highest BCUT2D eigenvalue weighted by Gasteiger charge is 2.19. The molecule has 0 saturated heterocycles. The maximum Gasteiger partial charge on any atom is 0.306 e. The number of hydrogen-bond donors (Lipinski definition) is 0. The highest BCUT2D eigenvalue weighted by Crippen LogP contribution is 2.19. The molecule has 0 radical (unpaired) electrons. The van der Waals surface area contributed by atoms with Gasteiger partial charge in [-0.2, -0.15) is 0 Å². The number of rotatable bonds is 63. The number of carbonyl (C=O) groups excluding carboxylic acids is 3. The molecule has 0 bridgehead atoms. The molecule has 0 saturated carbocycles. The number of allylic oxidation sites excluding steroid dienone is 8. The summed E-state index contributed by atoms with van der Waals surface area (Å²) in [4.78, 5) is 38.2. The summed E-state index contributed by atoms with van der Waals surface area (Å²) >= 11 is 0. The lowest BCUT2D eigenvalue weighted by Gasteiger charge is -2.18. The third-order valence-electron chi connectivity index (χ3n) is 15.4. The van der Waals surface area contributed by atoms with Crippen molar-refractivity contribution in [1.82, 2.24) is 0 Å². The van der Waals surface area contributed by atoms with E-state index in [-0.39, 0.29) is 37.5 Å². The molecule has 0 N–H and O–H groups in total. The molecule has 0 aliphatic heterocycles. The highest BCUT2D eigenvalue weighted by atomic mass is 16.6. The van der Waals surface area contributed by atoms with E-state index in [0.29, 0.717) is 19.3 Å². The van der Waals surface area contributed by atoms with Crippen LogP contribution in [0.4, 0.5) is 0 Å².